The van der Waals surface area contributed by atoms with Crippen LogP contribution in [0.5, 0.6) is 5.75 Å². The maximum Gasteiger partial charge on any atom is 0.266 e. The number of amides is 1. The molecule has 1 amide bonds. The molecule has 2 rings (SSSR count). The van der Waals surface area contributed by atoms with E-state index < -0.39 is 6.10 Å². The minimum absolute atomic E-state index is 0.229. The first-order valence-electron chi connectivity index (χ1n) is 6.11. The van der Waals surface area contributed by atoms with Crippen LogP contribution in [-0.4, -0.2) is 22.2 Å². The first-order valence-corrected chi connectivity index (χ1v) is 6.11. The van der Waals surface area contributed by atoms with Crippen molar-refractivity contribution < 1.29 is 9.53 Å². The third kappa shape index (κ3) is 3.58. The van der Waals surface area contributed by atoms with Gasteiger partial charge in [-0.1, -0.05) is 12.1 Å². The summed E-state index contributed by atoms with van der Waals surface area (Å²) in [5.41, 5.74) is 1.98. The third-order valence-electron chi connectivity index (χ3n) is 2.63. The molecular formula is C14H17N3O2. The lowest BCUT2D eigenvalue weighted by Crippen LogP contribution is -2.30. The number of hydrogen-bond acceptors (Lipinski definition) is 3. The Hall–Kier alpha value is -2.30. The van der Waals surface area contributed by atoms with Crippen molar-refractivity contribution in [1.82, 2.24) is 10.2 Å². The molecule has 0 spiro atoms. The van der Waals surface area contributed by atoms with Crippen LogP contribution in [0.3, 0.4) is 0 Å². The molecule has 1 aromatic heterocycles. The molecule has 0 bridgehead atoms. The average molecular weight is 259 g/mol. The van der Waals surface area contributed by atoms with Crippen LogP contribution in [0.25, 0.3) is 0 Å². The third-order valence-corrected chi connectivity index (χ3v) is 2.63. The van der Waals surface area contributed by atoms with Gasteiger partial charge in [-0.15, -0.1) is 0 Å². The zero-order chi connectivity index (χ0) is 13.8. The molecular weight excluding hydrogens is 242 g/mol. The Morgan fingerprint density at radius 2 is 2.16 bits per heavy atom. The number of rotatable bonds is 4. The summed E-state index contributed by atoms with van der Waals surface area (Å²) in [6.45, 7) is 5.55. The molecule has 0 radical (unpaired) electrons. The van der Waals surface area contributed by atoms with Gasteiger partial charge in [-0.05, 0) is 38.5 Å². The predicted molar refractivity (Wildman–Crippen MR) is 73.2 cm³/mol. The molecule has 100 valence electrons. The summed E-state index contributed by atoms with van der Waals surface area (Å²) in [6.07, 6.45) is -0.584. The molecule has 0 saturated heterocycles. The highest BCUT2D eigenvalue weighted by Crippen LogP contribution is 2.15. The van der Waals surface area contributed by atoms with E-state index in [2.05, 4.69) is 15.5 Å². The van der Waals surface area contributed by atoms with E-state index in [1.54, 1.807) is 13.0 Å². The fourth-order valence-electron chi connectivity index (χ4n) is 1.66. The summed E-state index contributed by atoms with van der Waals surface area (Å²) >= 11 is 0. The van der Waals surface area contributed by atoms with E-state index >= 15 is 0 Å². The van der Waals surface area contributed by atoms with Crippen LogP contribution in [0.2, 0.25) is 0 Å². The van der Waals surface area contributed by atoms with Gasteiger partial charge in [0, 0.05) is 11.8 Å². The zero-order valence-electron chi connectivity index (χ0n) is 11.2. The molecule has 5 heteroatoms. The van der Waals surface area contributed by atoms with Crippen molar-refractivity contribution in [3.05, 3.63) is 41.6 Å². The van der Waals surface area contributed by atoms with Gasteiger partial charge in [0.25, 0.3) is 5.91 Å². The van der Waals surface area contributed by atoms with E-state index in [0.29, 0.717) is 11.6 Å². The Morgan fingerprint density at radius 3 is 2.79 bits per heavy atom. The summed E-state index contributed by atoms with van der Waals surface area (Å²) in [5, 5.41) is 9.40. The minimum atomic E-state index is -0.584. The summed E-state index contributed by atoms with van der Waals surface area (Å²) in [4.78, 5) is 11.9. The van der Waals surface area contributed by atoms with Crippen LogP contribution in [0.1, 0.15) is 18.2 Å². The lowest BCUT2D eigenvalue weighted by Gasteiger charge is -2.14. The standard InChI is InChI=1S/C14H17N3O2/c1-9-5-4-6-12(7-9)19-11(3)14(18)15-13-8-10(2)16-17-13/h4-8,11H,1-3H3,(H2,15,16,17,18). The van der Waals surface area contributed by atoms with Crippen molar-refractivity contribution in [3.8, 4) is 5.75 Å². The van der Waals surface area contributed by atoms with E-state index in [-0.39, 0.29) is 5.91 Å². The summed E-state index contributed by atoms with van der Waals surface area (Å²) in [7, 11) is 0. The largest absolute Gasteiger partial charge is 0.481 e. The number of carbonyl (C=O) groups is 1. The van der Waals surface area contributed by atoms with Gasteiger partial charge in [0.1, 0.15) is 5.75 Å². The van der Waals surface area contributed by atoms with Gasteiger partial charge < -0.3 is 10.1 Å². The number of H-pyrrole nitrogens is 1. The molecule has 1 atom stereocenters. The number of nitrogens with one attached hydrogen (secondary N) is 2. The lowest BCUT2D eigenvalue weighted by molar-refractivity contribution is -0.122. The molecule has 1 aromatic carbocycles. The van der Waals surface area contributed by atoms with Crippen LogP contribution in [0.15, 0.2) is 30.3 Å². The van der Waals surface area contributed by atoms with Gasteiger partial charge in [0.2, 0.25) is 0 Å². The summed E-state index contributed by atoms with van der Waals surface area (Å²) in [5.74, 6) is 0.955. The van der Waals surface area contributed by atoms with Crippen LogP contribution in [0, 0.1) is 13.8 Å². The zero-order valence-corrected chi connectivity index (χ0v) is 11.2. The van der Waals surface area contributed by atoms with E-state index in [0.717, 1.165) is 11.3 Å². The molecule has 2 aromatic rings. The van der Waals surface area contributed by atoms with Crippen LogP contribution in [0.4, 0.5) is 5.82 Å². The Morgan fingerprint density at radius 1 is 1.37 bits per heavy atom. The Balaban J connectivity index is 1.96. The molecule has 0 aliphatic carbocycles. The minimum Gasteiger partial charge on any atom is -0.481 e. The normalized spacial score (nSPS) is 11.9. The van der Waals surface area contributed by atoms with Crippen molar-refractivity contribution in [3.63, 3.8) is 0 Å². The fraction of sp³-hybridized carbons (Fsp3) is 0.286. The molecule has 5 nitrogen and oxygen atoms in total. The van der Waals surface area contributed by atoms with Crippen LogP contribution < -0.4 is 10.1 Å². The van der Waals surface area contributed by atoms with Crippen molar-refractivity contribution in [2.75, 3.05) is 5.32 Å². The topological polar surface area (TPSA) is 67.0 Å². The summed E-state index contributed by atoms with van der Waals surface area (Å²) < 4.78 is 5.59. The molecule has 0 fully saturated rings. The number of ether oxygens (including phenoxy) is 1. The second-order valence-electron chi connectivity index (χ2n) is 4.50. The molecule has 1 heterocycles. The Labute approximate surface area is 112 Å². The number of hydrogen-bond donors (Lipinski definition) is 2. The number of aromatic nitrogens is 2. The smallest absolute Gasteiger partial charge is 0.266 e. The second-order valence-corrected chi connectivity index (χ2v) is 4.50. The maximum atomic E-state index is 11.9. The summed E-state index contributed by atoms with van der Waals surface area (Å²) in [6, 6.07) is 9.35. The van der Waals surface area contributed by atoms with E-state index in [4.69, 9.17) is 4.74 Å². The number of anilines is 1. The van der Waals surface area contributed by atoms with Crippen LogP contribution >= 0.6 is 0 Å². The SMILES string of the molecule is Cc1cccc(OC(C)C(=O)Nc2cc(C)[nH]n2)c1. The van der Waals surface area contributed by atoms with Crippen molar-refractivity contribution in [2.24, 2.45) is 0 Å². The predicted octanol–water partition coefficient (Wildman–Crippen LogP) is 2.43. The fourth-order valence-corrected chi connectivity index (χ4v) is 1.66. The quantitative estimate of drug-likeness (QED) is 0.886. The van der Waals surface area contributed by atoms with E-state index in [1.807, 2.05) is 38.1 Å². The van der Waals surface area contributed by atoms with Gasteiger partial charge >= 0.3 is 0 Å². The van der Waals surface area contributed by atoms with Crippen molar-refractivity contribution >= 4 is 11.7 Å². The molecule has 0 aliphatic rings. The van der Waals surface area contributed by atoms with Gasteiger partial charge in [0.15, 0.2) is 11.9 Å². The first kappa shape index (κ1) is 13.1. The molecule has 0 aliphatic heterocycles. The molecule has 0 saturated carbocycles. The highest BCUT2D eigenvalue weighted by molar-refractivity contribution is 5.93. The molecule has 1 unspecified atom stereocenters. The highest BCUT2D eigenvalue weighted by atomic mass is 16.5. The second kappa shape index (κ2) is 5.56. The maximum absolute atomic E-state index is 11.9. The number of carbonyl (C=O) groups excluding carboxylic acids is 1. The number of aryl methyl sites for hydroxylation is 2. The Kier molecular flexibility index (Phi) is 3.85. The van der Waals surface area contributed by atoms with Gasteiger partial charge in [0.05, 0.1) is 0 Å². The molecule has 19 heavy (non-hydrogen) atoms. The monoisotopic (exact) mass is 259 g/mol. The lowest BCUT2D eigenvalue weighted by atomic mass is 10.2. The van der Waals surface area contributed by atoms with E-state index in [1.165, 1.54) is 0 Å². The number of benzene rings is 1. The van der Waals surface area contributed by atoms with Crippen molar-refractivity contribution in [2.45, 2.75) is 26.9 Å². The van der Waals surface area contributed by atoms with Gasteiger partial charge in [-0.25, -0.2) is 0 Å². The first-order chi connectivity index (χ1) is 9.04. The van der Waals surface area contributed by atoms with E-state index in [9.17, 15) is 4.79 Å². The van der Waals surface area contributed by atoms with Gasteiger partial charge in [-0.2, -0.15) is 5.10 Å². The Bertz CT molecular complexity index is 578. The number of nitrogens with zero attached hydrogens (tertiary/aromatic N) is 1. The highest BCUT2D eigenvalue weighted by Gasteiger charge is 2.15. The van der Waals surface area contributed by atoms with Crippen molar-refractivity contribution in [1.29, 1.82) is 0 Å². The number of aromatic amines is 1. The van der Waals surface area contributed by atoms with Crippen LogP contribution in [-0.2, 0) is 4.79 Å². The van der Waals surface area contributed by atoms with Gasteiger partial charge in [-0.3, -0.25) is 9.89 Å². The average Bonchev–Trinajstić information content (AvgIpc) is 2.74. The molecule has 2 N–H and O–H groups in total.